The zero-order valence-electron chi connectivity index (χ0n) is 48.8. The zero-order chi connectivity index (χ0) is 59.3. The summed E-state index contributed by atoms with van der Waals surface area (Å²) < 4.78 is 24.7. The summed E-state index contributed by atoms with van der Waals surface area (Å²) in [5, 5.41) is 0. The van der Waals surface area contributed by atoms with Crippen LogP contribution in [0.2, 0.25) is 0 Å². The quantitative estimate of drug-likeness (QED) is 0.0427. The van der Waals surface area contributed by atoms with Crippen molar-refractivity contribution in [1.82, 2.24) is 19.9 Å². The number of ether oxygens (including phenoxy) is 4. The van der Waals surface area contributed by atoms with Gasteiger partial charge in [-0.05, 0) is 96.5 Å². The van der Waals surface area contributed by atoms with Crippen molar-refractivity contribution in [3.8, 4) is 67.5 Å². The second-order valence-corrected chi connectivity index (χ2v) is 21.2. The summed E-state index contributed by atoms with van der Waals surface area (Å²) in [5.74, 6) is -0.258. The number of hydrogen-bond acceptors (Lipinski definition) is 10. The number of esters is 4. The highest BCUT2D eigenvalue weighted by Gasteiger charge is 2.25. The third kappa shape index (κ3) is 14.0. The molecule has 3 aromatic heterocycles. The van der Waals surface area contributed by atoms with Crippen molar-refractivity contribution in [2.45, 2.75) is 81.1 Å². The highest BCUT2D eigenvalue weighted by molar-refractivity contribution is 6.03. The third-order valence-corrected chi connectivity index (χ3v) is 15.0. The van der Waals surface area contributed by atoms with Gasteiger partial charge in [0, 0.05) is 90.9 Å². The largest absolute Gasteiger partial charge is 0.423 e. The van der Waals surface area contributed by atoms with Crippen LogP contribution in [0.4, 0.5) is 0 Å². The summed E-state index contributed by atoms with van der Waals surface area (Å²) in [6.07, 6.45) is 24.3. The van der Waals surface area contributed by atoms with E-state index < -0.39 is 23.9 Å². The molecule has 12 heteroatoms. The van der Waals surface area contributed by atoms with Crippen LogP contribution >= 0.6 is 0 Å². The van der Waals surface area contributed by atoms with E-state index in [1.807, 2.05) is 173 Å². The predicted octanol–water partition coefficient (Wildman–Crippen LogP) is 17.4. The van der Waals surface area contributed by atoms with Crippen LogP contribution in [0.5, 0.6) is 23.0 Å². The molecule has 12 nitrogen and oxygen atoms in total. The molecule has 0 spiro atoms. The minimum Gasteiger partial charge on any atom is -0.423 e. The number of benzene rings is 4. The molecule has 0 aliphatic carbocycles. The van der Waals surface area contributed by atoms with Gasteiger partial charge in [0.05, 0.1) is 22.8 Å². The molecule has 0 amide bonds. The maximum absolute atomic E-state index is 13.6. The minimum atomic E-state index is -0.530. The number of carbonyl (C=O) groups is 4. The lowest BCUT2D eigenvalue weighted by Crippen LogP contribution is -2.06. The summed E-state index contributed by atoms with van der Waals surface area (Å²) in [6, 6.07) is 37.1. The summed E-state index contributed by atoms with van der Waals surface area (Å²) in [6.45, 7) is 16.4. The van der Waals surface area contributed by atoms with E-state index in [1.165, 1.54) is 24.3 Å². The van der Waals surface area contributed by atoms with Crippen LogP contribution in [0.15, 0.2) is 170 Å². The molecule has 2 aliphatic rings. The van der Waals surface area contributed by atoms with Gasteiger partial charge in [-0.25, -0.2) is 29.1 Å². The number of hydrogen-bond donors (Lipinski definition) is 2. The molecule has 84 heavy (non-hydrogen) atoms. The number of carbonyl (C=O) groups excluding carboxylic acids is 4. The number of fused-ring (bicyclic) bond motifs is 8. The van der Waals surface area contributed by atoms with Crippen LogP contribution < -0.4 is 18.9 Å². The molecule has 4 atom stereocenters. The highest BCUT2D eigenvalue weighted by atomic mass is 16.5. The predicted molar refractivity (Wildman–Crippen MR) is 338 cm³/mol. The van der Waals surface area contributed by atoms with Gasteiger partial charge in [-0.3, -0.25) is 0 Å². The van der Waals surface area contributed by atoms with Crippen molar-refractivity contribution in [3.05, 3.63) is 193 Å². The van der Waals surface area contributed by atoms with Crippen LogP contribution in [0, 0.1) is 23.7 Å². The first-order chi connectivity index (χ1) is 40.7. The van der Waals surface area contributed by atoms with Crippen LogP contribution in [0.1, 0.15) is 104 Å². The van der Waals surface area contributed by atoms with Gasteiger partial charge in [0.25, 0.3) is 0 Å². The normalized spacial score (nSPS) is 13.6. The fraction of sp³-hybridized carbons (Fsp3) is 0.222. The molecule has 0 fully saturated rings. The van der Waals surface area contributed by atoms with Crippen molar-refractivity contribution in [1.29, 1.82) is 0 Å². The Labute approximate surface area is 491 Å². The van der Waals surface area contributed by atoms with Gasteiger partial charge in [0.1, 0.15) is 23.0 Å². The summed E-state index contributed by atoms with van der Waals surface area (Å²) in [5.41, 5.74) is 9.15. The fourth-order valence-corrected chi connectivity index (χ4v) is 9.47. The molecule has 0 saturated carbocycles. The molecule has 7 aromatic rings. The smallest absolute Gasteiger partial charge is 0.335 e. The molecule has 2 aliphatic heterocycles. The first-order valence-corrected chi connectivity index (χ1v) is 28.9. The van der Waals surface area contributed by atoms with Gasteiger partial charge < -0.3 is 28.9 Å². The van der Waals surface area contributed by atoms with Crippen LogP contribution in [0.25, 0.3) is 90.9 Å². The van der Waals surface area contributed by atoms with Crippen molar-refractivity contribution in [2.75, 3.05) is 0 Å². The second-order valence-electron chi connectivity index (χ2n) is 21.2. The standard InChI is InChI=1S/C72H70N4O8/c1-9-45(5)29-41-65(77)81-61-25-17-13-21-49(61)69-53-33-35-55(73-53)70(50-22-14-18-26-62(50)82-66(78)42-30-46(6)10-2)57-37-39-59(75-57)72(52-24-16-20-28-64(52)84-68(80)44-32-48(8)12-4)60-40-38-58(76-60)71(56-36-34-54(69)74-56)51-23-15-19-27-63(51)83-67(79)43-31-47(7)11-3/h13-48,73,76H,9-12H2,1-8H3. The molecule has 8 bridgehead atoms. The zero-order valence-corrected chi connectivity index (χ0v) is 48.8. The molecule has 2 N–H and O–H groups in total. The molecule has 0 saturated heterocycles. The average Bonchev–Trinajstić information content (AvgIpc) is 3.47. The Morgan fingerprint density at radius 3 is 0.786 bits per heavy atom. The minimum absolute atomic E-state index is 0.163. The van der Waals surface area contributed by atoms with Crippen LogP contribution in [-0.2, 0) is 19.2 Å². The lowest BCUT2D eigenvalue weighted by atomic mass is 10.0. The number of rotatable bonds is 20. The SMILES string of the molecule is CCC(C)C=CC(=O)Oc1ccccc1-c1c2nc(c(-c3ccccc3OC(=O)C=CC(C)CC)c3ccc([nH]3)c(-c3ccccc3OC(=O)C=CC(C)CC)c3nc(c(-c4ccccc4OC(=O)C=CC(C)CC)c4ccc1[nH]4)C=C3)C=C2. The Morgan fingerprint density at radius 2 is 0.571 bits per heavy atom. The van der Waals surface area contributed by atoms with Gasteiger partial charge in [0.2, 0.25) is 0 Å². The summed E-state index contributed by atoms with van der Waals surface area (Å²) in [4.78, 5) is 73.0. The van der Waals surface area contributed by atoms with E-state index in [0.29, 0.717) is 112 Å². The Morgan fingerprint density at radius 1 is 0.357 bits per heavy atom. The Balaban J connectivity index is 1.40. The number of H-pyrrole nitrogens is 2. The number of aromatic amines is 2. The van der Waals surface area contributed by atoms with E-state index in [1.54, 1.807) is 24.3 Å². The molecule has 5 heterocycles. The number of nitrogens with zero attached hydrogens (tertiary/aromatic N) is 2. The van der Waals surface area contributed by atoms with Gasteiger partial charge in [-0.2, -0.15) is 0 Å². The van der Waals surface area contributed by atoms with Crippen molar-refractivity contribution in [3.63, 3.8) is 0 Å². The molecular formula is C72H70N4O8. The highest BCUT2D eigenvalue weighted by Crippen LogP contribution is 2.44. The Kier molecular flexibility index (Phi) is 19.2. The van der Waals surface area contributed by atoms with Gasteiger partial charge >= 0.3 is 23.9 Å². The van der Waals surface area contributed by atoms with E-state index in [2.05, 4.69) is 37.7 Å². The van der Waals surface area contributed by atoms with Crippen LogP contribution in [-0.4, -0.2) is 43.8 Å². The second kappa shape index (κ2) is 27.4. The van der Waals surface area contributed by atoms with Gasteiger partial charge in [-0.15, -0.1) is 0 Å². The summed E-state index contributed by atoms with van der Waals surface area (Å²) >= 11 is 0. The van der Waals surface area contributed by atoms with E-state index >= 15 is 0 Å². The molecular weight excluding hydrogens is 1050 g/mol. The first-order valence-electron chi connectivity index (χ1n) is 28.9. The maximum atomic E-state index is 13.6. The third-order valence-electron chi connectivity index (χ3n) is 15.0. The molecule has 4 unspecified atom stereocenters. The first kappa shape index (κ1) is 59.0. The molecule has 0 radical (unpaired) electrons. The van der Waals surface area contributed by atoms with E-state index in [4.69, 9.17) is 28.9 Å². The lowest BCUT2D eigenvalue weighted by molar-refractivity contribution is -0.129. The monoisotopic (exact) mass is 1120 g/mol. The number of aromatic nitrogens is 4. The molecule has 426 valence electrons. The molecule has 9 rings (SSSR count). The van der Waals surface area contributed by atoms with Crippen LogP contribution in [0.3, 0.4) is 0 Å². The number of allylic oxidation sites excluding steroid dienone is 4. The van der Waals surface area contributed by atoms with Gasteiger partial charge in [-0.1, -0.05) is 178 Å². The van der Waals surface area contributed by atoms with E-state index in [-0.39, 0.29) is 23.7 Å². The lowest BCUT2D eigenvalue weighted by Gasteiger charge is -2.12. The van der Waals surface area contributed by atoms with Crippen molar-refractivity contribution < 1.29 is 38.1 Å². The number of nitrogens with one attached hydrogen (secondary N) is 2. The van der Waals surface area contributed by atoms with E-state index in [9.17, 15) is 19.2 Å². The average molecular weight is 1120 g/mol. The summed E-state index contributed by atoms with van der Waals surface area (Å²) in [7, 11) is 0. The van der Waals surface area contributed by atoms with Crippen molar-refractivity contribution in [2.24, 2.45) is 23.7 Å². The Bertz CT molecular complexity index is 3480. The van der Waals surface area contributed by atoms with Crippen molar-refractivity contribution >= 4 is 70.2 Å². The molecule has 4 aromatic carbocycles. The maximum Gasteiger partial charge on any atom is 0.335 e. The number of para-hydroxylation sites is 4. The Hall–Kier alpha value is -9.68. The fourth-order valence-electron chi connectivity index (χ4n) is 9.47. The van der Waals surface area contributed by atoms with E-state index in [0.717, 1.165) is 25.7 Å². The topological polar surface area (TPSA) is 163 Å². The van der Waals surface area contributed by atoms with Gasteiger partial charge in [0.15, 0.2) is 0 Å².